The van der Waals surface area contributed by atoms with Gasteiger partial charge in [0.25, 0.3) is 0 Å². The fraction of sp³-hybridized carbons (Fsp3) is 0.538. The van der Waals surface area contributed by atoms with Gasteiger partial charge in [0.1, 0.15) is 0 Å². The highest BCUT2D eigenvalue weighted by Crippen LogP contribution is 2.27. The Balaban J connectivity index is 1.98. The highest BCUT2D eigenvalue weighted by Gasteiger charge is 2.22. The van der Waals surface area contributed by atoms with Crippen LogP contribution in [0.15, 0.2) is 24.3 Å². The summed E-state index contributed by atoms with van der Waals surface area (Å²) in [4.78, 5) is 0. The van der Waals surface area contributed by atoms with Gasteiger partial charge in [-0.3, -0.25) is 0 Å². The Hall–Kier alpha value is -1.02. The van der Waals surface area contributed by atoms with E-state index in [1.165, 1.54) is 24.9 Å². The molecule has 0 spiro atoms. The number of benzene rings is 1. The molecule has 1 aliphatic carbocycles. The van der Waals surface area contributed by atoms with E-state index in [2.05, 4.69) is 24.4 Å². The molecule has 2 atom stereocenters. The first-order chi connectivity index (χ1) is 7.29. The molecule has 0 aromatic heterocycles. The topological polar surface area (TPSA) is 32.3 Å². The molecule has 0 saturated heterocycles. The minimum Gasteiger partial charge on any atom is -0.392 e. The summed E-state index contributed by atoms with van der Waals surface area (Å²) in [5, 5.41) is 12.5. The van der Waals surface area contributed by atoms with Crippen LogP contribution in [-0.2, 0) is 6.61 Å². The third-order valence-electron chi connectivity index (χ3n) is 3.35. The van der Waals surface area contributed by atoms with E-state index in [-0.39, 0.29) is 6.61 Å². The van der Waals surface area contributed by atoms with Crippen LogP contribution < -0.4 is 5.32 Å². The quantitative estimate of drug-likeness (QED) is 0.795. The number of nitrogens with one attached hydrogen (secondary N) is 1. The van der Waals surface area contributed by atoms with Crippen molar-refractivity contribution in [2.24, 2.45) is 5.92 Å². The molecule has 82 valence electrons. The predicted molar refractivity (Wildman–Crippen MR) is 62.8 cm³/mol. The molecule has 0 heterocycles. The summed E-state index contributed by atoms with van der Waals surface area (Å²) in [5.74, 6) is 0.780. The smallest absolute Gasteiger partial charge is 0.0681 e. The van der Waals surface area contributed by atoms with Crippen LogP contribution in [0.25, 0.3) is 0 Å². The molecule has 0 aliphatic heterocycles. The number of aliphatic hydroxyl groups is 1. The minimum atomic E-state index is 0.125. The second-order valence-electron chi connectivity index (χ2n) is 4.51. The van der Waals surface area contributed by atoms with Gasteiger partial charge in [0, 0.05) is 11.7 Å². The van der Waals surface area contributed by atoms with Crippen LogP contribution in [0.5, 0.6) is 0 Å². The summed E-state index contributed by atoms with van der Waals surface area (Å²) in [6.07, 6.45) is 3.96. The predicted octanol–water partition coefficient (Wildman–Crippen LogP) is 2.78. The summed E-state index contributed by atoms with van der Waals surface area (Å²) in [5.41, 5.74) is 2.14. The molecule has 1 aliphatic rings. The first-order valence-electron chi connectivity index (χ1n) is 5.76. The van der Waals surface area contributed by atoms with Gasteiger partial charge in [-0.25, -0.2) is 0 Å². The Bertz CT molecular complexity index is 307. The molecule has 1 aromatic rings. The van der Waals surface area contributed by atoms with Crippen LogP contribution >= 0.6 is 0 Å². The van der Waals surface area contributed by atoms with Crippen molar-refractivity contribution in [3.63, 3.8) is 0 Å². The van der Waals surface area contributed by atoms with Crippen molar-refractivity contribution < 1.29 is 5.11 Å². The van der Waals surface area contributed by atoms with Crippen molar-refractivity contribution in [2.45, 2.75) is 38.8 Å². The van der Waals surface area contributed by atoms with E-state index in [4.69, 9.17) is 5.11 Å². The van der Waals surface area contributed by atoms with E-state index in [0.29, 0.717) is 6.04 Å². The standard InChI is InChI=1S/C13H19NO/c1-10-3-2-4-13(10)14-12-7-5-11(9-15)6-8-12/h5-8,10,13-15H,2-4,9H2,1H3. The number of aliphatic hydroxyl groups excluding tert-OH is 1. The first kappa shape index (κ1) is 10.5. The van der Waals surface area contributed by atoms with E-state index in [9.17, 15) is 0 Å². The molecule has 0 amide bonds. The van der Waals surface area contributed by atoms with Gasteiger partial charge in [0.2, 0.25) is 0 Å². The van der Waals surface area contributed by atoms with Crippen molar-refractivity contribution >= 4 is 5.69 Å². The molecule has 0 radical (unpaired) electrons. The molecule has 2 unspecified atom stereocenters. The lowest BCUT2D eigenvalue weighted by atomic mass is 10.1. The van der Waals surface area contributed by atoms with Crippen molar-refractivity contribution in [1.82, 2.24) is 0 Å². The Morgan fingerprint density at radius 3 is 2.53 bits per heavy atom. The van der Waals surface area contributed by atoms with E-state index >= 15 is 0 Å². The minimum absolute atomic E-state index is 0.125. The Morgan fingerprint density at radius 1 is 1.27 bits per heavy atom. The van der Waals surface area contributed by atoms with E-state index in [1.807, 2.05) is 12.1 Å². The summed E-state index contributed by atoms with van der Waals surface area (Å²) >= 11 is 0. The molecule has 15 heavy (non-hydrogen) atoms. The van der Waals surface area contributed by atoms with Gasteiger partial charge in [-0.15, -0.1) is 0 Å². The second kappa shape index (κ2) is 4.67. The summed E-state index contributed by atoms with van der Waals surface area (Å²) in [6, 6.07) is 8.68. The number of hydrogen-bond donors (Lipinski definition) is 2. The van der Waals surface area contributed by atoms with Crippen LogP contribution in [0.3, 0.4) is 0 Å². The van der Waals surface area contributed by atoms with E-state index < -0.39 is 0 Å². The first-order valence-corrected chi connectivity index (χ1v) is 5.76. The lowest BCUT2D eigenvalue weighted by molar-refractivity contribution is 0.282. The largest absolute Gasteiger partial charge is 0.392 e. The Morgan fingerprint density at radius 2 is 2.00 bits per heavy atom. The SMILES string of the molecule is CC1CCCC1Nc1ccc(CO)cc1. The fourth-order valence-corrected chi connectivity index (χ4v) is 2.28. The summed E-state index contributed by atoms with van der Waals surface area (Å²) < 4.78 is 0. The van der Waals surface area contributed by atoms with Crippen molar-refractivity contribution in [2.75, 3.05) is 5.32 Å². The average molecular weight is 205 g/mol. The van der Waals surface area contributed by atoms with Gasteiger partial charge in [0.15, 0.2) is 0 Å². The Kier molecular flexibility index (Phi) is 3.27. The van der Waals surface area contributed by atoms with Gasteiger partial charge in [-0.05, 0) is 36.5 Å². The van der Waals surface area contributed by atoms with Crippen LogP contribution in [-0.4, -0.2) is 11.1 Å². The van der Waals surface area contributed by atoms with Gasteiger partial charge < -0.3 is 10.4 Å². The molecule has 2 nitrogen and oxygen atoms in total. The molecule has 1 fully saturated rings. The van der Waals surface area contributed by atoms with Crippen molar-refractivity contribution in [1.29, 1.82) is 0 Å². The summed E-state index contributed by atoms with van der Waals surface area (Å²) in [7, 11) is 0. The van der Waals surface area contributed by atoms with Crippen LogP contribution in [0, 0.1) is 5.92 Å². The normalized spacial score (nSPS) is 25.5. The zero-order valence-corrected chi connectivity index (χ0v) is 9.24. The van der Waals surface area contributed by atoms with Crippen LogP contribution in [0.4, 0.5) is 5.69 Å². The van der Waals surface area contributed by atoms with Gasteiger partial charge in [-0.1, -0.05) is 25.5 Å². The highest BCUT2D eigenvalue weighted by molar-refractivity contribution is 5.45. The molecule has 2 rings (SSSR count). The van der Waals surface area contributed by atoms with Crippen LogP contribution in [0.2, 0.25) is 0 Å². The van der Waals surface area contributed by atoms with Crippen molar-refractivity contribution in [3.05, 3.63) is 29.8 Å². The van der Waals surface area contributed by atoms with Gasteiger partial charge in [0.05, 0.1) is 6.61 Å². The maximum absolute atomic E-state index is 8.93. The van der Waals surface area contributed by atoms with Crippen LogP contribution in [0.1, 0.15) is 31.7 Å². The summed E-state index contributed by atoms with van der Waals surface area (Å²) in [6.45, 7) is 2.44. The molecule has 2 heteroatoms. The molecule has 0 bridgehead atoms. The second-order valence-corrected chi connectivity index (χ2v) is 4.51. The zero-order chi connectivity index (χ0) is 10.7. The van der Waals surface area contributed by atoms with E-state index in [1.54, 1.807) is 0 Å². The lowest BCUT2D eigenvalue weighted by Gasteiger charge is -2.18. The highest BCUT2D eigenvalue weighted by atomic mass is 16.3. The maximum Gasteiger partial charge on any atom is 0.0681 e. The molecule has 1 saturated carbocycles. The third kappa shape index (κ3) is 2.51. The number of anilines is 1. The maximum atomic E-state index is 8.93. The van der Waals surface area contributed by atoms with E-state index in [0.717, 1.165) is 11.5 Å². The van der Waals surface area contributed by atoms with Gasteiger partial charge >= 0.3 is 0 Å². The third-order valence-corrected chi connectivity index (χ3v) is 3.35. The average Bonchev–Trinajstić information content (AvgIpc) is 2.66. The number of rotatable bonds is 3. The molecular formula is C13H19NO. The monoisotopic (exact) mass is 205 g/mol. The van der Waals surface area contributed by atoms with Crippen molar-refractivity contribution in [3.8, 4) is 0 Å². The molecule has 1 aromatic carbocycles. The zero-order valence-electron chi connectivity index (χ0n) is 9.24. The Labute approximate surface area is 91.3 Å². The van der Waals surface area contributed by atoms with Gasteiger partial charge in [-0.2, -0.15) is 0 Å². The number of hydrogen-bond acceptors (Lipinski definition) is 2. The lowest BCUT2D eigenvalue weighted by Crippen LogP contribution is -2.21. The fourth-order valence-electron chi connectivity index (χ4n) is 2.28. The molecule has 2 N–H and O–H groups in total. The molecular weight excluding hydrogens is 186 g/mol.